The Balaban J connectivity index is 1.81. The maximum atomic E-state index is 12.6. The molecular weight excluding hydrogens is 298 g/mol. The molecule has 23 heavy (non-hydrogen) atoms. The zero-order valence-corrected chi connectivity index (χ0v) is 13.6. The molecule has 2 aliphatic heterocycles. The Bertz CT molecular complexity index is 619. The van der Waals surface area contributed by atoms with Crippen molar-refractivity contribution in [2.24, 2.45) is 5.92 Å². The molecule has 0 N–H and O–H groups in total. The van der Waals surface area contributed by atoms with Crippen molar-refractivity contribution in [1.82, 2.24) is 4.90 Å². The van der Waals surface area contributed by atoms with E-state index >= 15 is 0 Å². The highest BCUT2D eigenvalue weighted by Gasteiger charge is 2.75. The number of likely N-dealkylation sites (N-methyl/N-ethyl adjacent to an activating group) is 1. The van der Waals surface area contributed by atoms with Crippen LogP contribution in [0.3, 0.4) is 0 Å². The van der Waals surface area contributed by atoms with E-state index in [1.54, 1.807) is 14.0 Å². The maximum Gasteiger partial charge on any atom is 0.332 e. The lowest BCUT2D eigenvalue weighted by atomic mass is 9.73. The summed E-state index contributed by atoms with van der Waals surface area (Å²) in [6, 6.07) is 9.71. The molecule has 1 aromatic carbocycles. The number of hydrogen-bond acceptors (Lipinski definition) is 6. The van der Waals surface area contributed by atoms with Crippen molar-refractivity contribution < 1.29 is 23.8 Å². The van der Waals surface area contributed by atoms with Gasteiger partial charge in [0.05, 0.1) is 20.3 Å². The number of esters is 2. The van der Waals surface area contributed by atoms with Crippen LogP contribution in [-0.4, -0.2) is 55.3 Å². The van der Waals surface area contributed by atoms with E-state index in [2.05, 4.69) is 0 Å². The molecule has 2 aliphatic rings. The number of carbonyl (C=O) groups excluding carboxylic acids is 2. The number of fused-ring (bicyclic) bond motifs is 1. The number of likely N-dealkylation sites (tertiary alicyclic amines) is 1. The number of hydrogen-bond donors (Lipinski definition) is 0. The van der Waals surface area contributed by atoms with E-state index in [1.165, 1.54) is 7.11 Å². The zero-order valence-electron chi connectivity index (χ0n) is 13.6. The third-order valence-corrected chi connectivity index (χ3v) is 5.14. The Morgan fingerprint density at radius 3 is 2.65 bits per heavy atom. The first-order valence-corrected chi connectivity index (χ1v) is 7.60. The molecule has 0 bridgehead atoms. The molecule has 2 fully saturated rings. The smallest absolute Gasteiger partial charge is 0.332 e. The van der Waals surface area contributed by atoms with Gasteiger partial charge in [0.2, 0.25) is 0 Å². The fraction of sp³-hybridized carbons (Fsp3) is 0.529. The fourth-order valence-corrected chi connectivity index (χ4v) is 3.68. The van der Waals surface area contributed by atoms with Gasteiger partial charge in [0.15, 0.2) is 11.1 Å². The van der Waals surface area contributed by atoms with E-state index in [0.717, 1.165) is 5.56 Å². The van der Waals surface area contributed by atoms with Crippen LogP contribution in [0.5, 0.6) is 0 Å². The zero-order chi connectivity index (χ0) is 16.7. The van der Waals surface area contributed by atoms with Crippen LogP contribution in [-0.2, 0) is 30.4 Å². The molecular formula is C17H21NO5. The Hall–Kier alpha value is -1.92. The summed E-state index contributed by atoms with van der Waals surface area (Å²) < 4.78 is 16.2. The average molecular weight is 319 g/mol. The summed E-state index contributed by atoms with van der Waals surface area (Å²) in [7, 11) is 3.13. The summed E-state index contributed by atoms with van der Waals surface area (Å²) in [6.45, 7) is 2.72. The Kier molecular flexibility index (Phi) is 3.90. The topological polar surface area (TPSA) is 65.1 Å². The van der Waals surface area contributed by atoms with Gasteiger partial charge in [-0.25, -0.2) is 4.79 Å². The van der Waals surface area contributed by atoms with Crippen LogP contribution >= 0.6 is 0 Å². The average Bonchev–Trinajstić information content (AvgIpc) is 2.73. The molecule has 3 rings (SSSR count). The SMILES string of the molecule is COC(=O)[C@]1(COCc2ccccc2)N(C)C[C@@H]2C(=O)OC21C. The molecule has 2 heterocycles. The lowest BCUT2D eigenvalue weighted by molar-refractivity contribution is -0.224. The number of rotatable bonds is 5. The summed E-state index contributed by atoms with van der Waals surface area (Å²) in [5.41, 5.74) is -1.02. The molecule has 0 radical (unpaired) electrons. The van der Waals surface area contributed by atoms with Crippen LogP contribution in [0.2, 0.25) is 0 Å². The molecule has 0 spiro atoms. The number of benzene rings is 1. The van der Waals surface area contributed by atoms with Gasteiger partial charge in [-0.2, -0.15) is 0 Å². The number of nitrogens with zero attached hydrogens (tertiary/aromatic N) is 1. The molecule has 0 saturated carbocycles. The van der Waals surface area contributed by atoms with Gasteiger partial charge in [0, 0.05) is 6.54 Å². The minimum absolute atomic E-state index is 0.103. The molecule has 1 aromatic rings. The van der Waals surface area contributed by atoms with E-state index in [9.17, 15) is 9.59 Å². The monoisotopic (exact) mass is 319 g/mol. The minimum Gasteiger partial charge on any atom is -0.467 e. The summed E-state index contributed by atoms with van der Waals surface area (Å²) in [5.74, 6) is -1.04. The molecule has 0 amide bonds. The highest BCUT2D eigenvalue weighted by Crippen LogP contribution is 2.52. The first-order valence-electron chi connectivity index (χ1n) is 7.60. The van der Waals surface area contributed by atoms with E-state index in [1.807, 2.05) is 35.2 Å². The standard InChI is InChI=1S/C17H21NO5/c1-16-13(14(19)23-16)9-18(2)17(16,15(20)21-3)11-22-10-12-7-5-4-6-8-12/h4-8,13H,9-11H2,1-3H3/t13-,16?,17+/m1/s1. The van der Waals surface area contributed by atoms with Crippen LogP contribution < -0.4 is 0 Å². The number of ether oxygens (including phenoxy) is 3. The van der Waals surface area contributed by atoms with Crippen LogP contribution in [0.1, 0.15) is 12.5 Å². The van der Waals surface area contributed by atoms with Crippen molar-refractivity contribution in [3.8, 4) is 0 Å². The van der Waals surface area contributed by atoms with Gasteiger partial charge in [-0.3, -0.25) is 9.69 Å². The summed E-state index contributed by atoms with van der Waals surface area (Å²) in [4.78, 5) is 26.1. The predicted molar refractivity (Wildman–Crippen MR) is 81.5 cm³/mol. The van der Waals surface area contributed by atoms with Gasteiger partial charge >= 0.3 is 11.9 Å². The first-order chi connectivity index (χ1) is 11.0. The molecule has 0 aliphatic carbocycles. The highest BCUT2D eigenvalue weighted by molar-refractivity contribution is 5.91. The van der Waals surface area contributed by atoms with Crippen molar-refractivity contribution in [2.45, 2.75) is 24.7 Å². The molecule has 124 valence electrons. The van der Waals surface area contributed by atoms with Gasteiger partial charge in [0.25, 0.3) is 0 Å². The van der Waals surface area contributed by atoms with Gasteiger partial charge in [-0.1, -0.05) is 30.3 Å². The summed E-state index contributed by atoms with van der Waals surface area (Å²) >= 11 is 0. The molecule has 1 unspecified atom stereocenters. The molecule has 0 aromatic heterocycles. The van der Waals surface area contributed by atoms with Crippen LogP contribution in [0.4, 0.5) is 0 Å². The fourth-order valence-electron chi connectivity index (χ4n) is 3.68. The van der Waals surface area contributed by atoms with Crippen molar-refractivity contribution in [2.75, 3.05) is 27.3 Å². The van der Waals surface area contributed by atoms with Crippen molar-refractivity contribution in [3.05, 3.63) is 35.9 Å². The second kappa shape index (κ2) is 5.62. The highest BCUT2D eigenvalue weighted by atomic mass is 16.6. The maximum absolute atomic E-state index is 12.6. The van der Waals surface area contributed by atoms with Crippen LogP contribution in [0, 0.1) is 5.92 Å². The van der Waals surface area contributed by atoms with E-state index in [-0.39, 0.29) is 18.5 Å². The lowest BCUT2D eigenvalue weighted by Crippen LogP contribution is -2.71. The number of carbonyl (C=O) groups is 2. The molecule has 6 nitrogen and oxygen atoms in total. The second-order valence-electron chi connectivity index (χ2n) is 6.29. The third-order valence-electron chi connectivity index (χ3n) is 5.14. The lowest BCUT2D eigenvalue weighted by Gasteiger charge is -2.49. The number of methoxy groups -OCH3 is 1. The molecule has 2 saturated heterocycles. The largest absolute Gasteiger partial charge is 0.467 e. The Morgan fingerprint density at radius 2 is 2.09 bits per heavy atom. The minimum atomic E-state index is -1.12. The van der Waals surface area contributed by atoms with Crippen molar-refractivity contribution >= 4 is 11.9 Å². The Labute approximate surface area is 135 Å². The van der Waals surface area contributed by atoms with Gasteiger partial charge in [0.1, 0.15) is 5.92 Å². The van der Waals surface area contributed by atoms with E-state index < -0.39 is 17.1 Å². The summed E-state index contributed by atoms with van der Waals surface area (Å²) in [6.07, 6.45) is 0. The normalized spacial score (nSPS) is 32.8. The van der Waals surface area contributed by atoms with E-state index in [0.29, 0.717) is 13.2 Å². The van der Waals surface area contributed by atoms with Gasteiger partial charge in [-0.05, 0) is 19.5 Å². The van der Waals surface area contributed by atoms with E-state index in [4.69, 9.17) is 14.2 Å². The third kappa shape index (κ3) is 2.16. The van der Waals surface area contributed by atoms with Gasteiger partial charge < -0.3 is 14.2 Å². The first kappa shape index (κ1) is 16.0. The van der Waals surface area contributed by atoms with Crippen molar-refractivity contribution in [1.29, 1.82) is 0 Å². The van der Waals surface area contributed by atoms with Gasteiger partial charge in [-0.15, -0.1) is 0 Å². The quantitative estimate of drug-likeness (QED) is 0.754. The summed E-state index contributed by atoms with van der Waals surface area (Å²) in [5, 5.41) is 0. The van der Waals surface area contributed by atoms with Crippen molar-refractivity contribution in [3.63, 3.8) is 0 Å². The molecule has 6 heteroatoms. The Morgan fingerprint density at radius 1 is 1.39 bits per heavy atom. The second-order valence-corrected chi connectivity index (χ2v) is 6.29. The predicted octanol–water partition coefficient (Wildman–Crippen LogP) is 0.992. The van der Waals surface area contributed by atoms with Crippen LogP contribution in [0.25, 0.3) is 0 Å². The molecule has 3 atom stereocenters. The van der Waals surface area contributed by atoms with Crippen LogP contribution in [0.15, 0.2) is 30.3 Å².